The molecule has 3 nitrogen and oxygen atoms in total. The molecule has 0 aromatic heterocycles. The summed E-state index contributed by atoms with van der Waals surface area (Å²) in [7, 11) is 0. The van der Waals surface area contributed by atoms with Gasteiger partial charge < -0.3 is 14.7 Å². The van der Waals surface area contributed by atoms with Crippen LogP contribution in [0.15, 0.2) is 36.9 Å². The van der Waals surface area contributed by atoms with Crippen LogP contribution in [0.1, 0.15) is 32.1 Å². The Morgan fingerprint density at radius 1 is 1.30 bits per heavy atom. The van der Waals surface area contributed by atoms with Crippen molar-refractivity contribution in [2.45, 2.75) is 50.4 Å². The van der Waals surface area contributed by atoms with E-state index in [1.165, 1.54) is 4.90 Å². The van der Waals surface area contributed by atoms with Gasteiger partial charge in [-0.3, -0.25) is 0 Å². The average Bonchev–Trinajstić information content (AvgIpc) is 2.95. The molecule has 0 spiro atoms. The zero-order chi connectivity index (χ0) is 16.4. The molecule has 1 aromatic carbocycles. The molecule has 2 unspecified atom stereocenters. The van der Waals surface area contributed by atoms with Gasteiger partial charge in [-0.1, -0.05) is 37.5 Å². The van der Waals surface area contributed by atoms with Crippen LogP contribution in [0.2, 0.25) is 0 Å². The van der Waals surface area contributed by atoms with E-state index >= 15 is 0 Å². The van der Waals surface area contributed by atoms with Gasteiger partial charge in [-0.05, 0) is 30.9 Å². The van der Waals surface area contributed by atoms with Crippen LogP contribution in [0.25, 0.3) is 0 Å². The van der Waals surface area contributed by atoms with Crippen molar-refractivity contribution in [3.8, 4) is 5.75 Å². The van der Waals surface area contributed by atoms with Gasteiger partial charge in [-0.2, -0.15) is 8.78 Å². The fourth-order valence-corrected chi connectivity index (χ4v) is 3.63. The molecular weight excluding hydrogens is 300 g/mol. The van der Waals surface area contributed by atoms with E-state index in [-0.39, 0.29) is 12.5 Å². The van der Waals surface area contributed by atoms with Crippen molar-refractivity contribution in [3.05, 3.63) is 36.9 Å². The molecule has 1 aliphatic carbocycles. The molecule has 0 bridgehead atoms. The minimum Gasteiger partial charge on any atom is -0.462 e. The van der Waals surface area contributed by atoms with E-state index in [1.54, 1.807) is 30.3 Å². The number of nitrogens with zero attached hydrogens (tertiary/aromatic N) is 1. The average molecular weight is 323 g/mol. The molecule has 1 aromatic rings. The summed E-state index contributed by atoms with van der Waals surface area (Å²) in [6.07, 6.45) is 2.56. The van der Waals surface area contributed by atoms with E-state index in [1.807, 2.05) is 0 Å². The number of benzene rings is 1. The number of rotatable bonds is 5. The highest BCUT2D eigenvalue weighted by molar-refractivity contribution is 5.63. The first kappa shape index (κ1) is 16.2. The van der Waals surface area contributed by atoms with Crippen LogP contribution in [0.4, 0.5) is 14.5 Å². The third-order valence-electron chi connectivity index (χ3n) is 4.84. The van der Waals surface area contributed by atoms with Crippen LogP contribution < -0.4 is 9.64 Å². The number of ether oxygens (including phenoxy) is 1. The van der Waals surface area contributed by atoms with Gasteiger partial charge in [-0.15, -0.1) is 6.58 Å². The van der Waals surface area contributed by atoms with Gasteiger partial charge in [0, 0.05) is 6.54 Å². The van der Waals surface area contributed by atoms with E-state index in [0.717, 1.165) is 19.3 Å². The second-order valence-electron chi connectivity index (χ2n) is 6.40. The molecule has 2 aliphatic rings. The van der Waals surface area contributed by atoms with Crippen molar-refractivity contribution in [2.24, 2.45) is 5.92 Å². The fraction of sp³-hybridized carbons (Fsp3) is 0.556. The Morgan fingerprint density at radius 3 is 2.70 bits per heavy atom. The number of para-hydroxylation sites is 2. The summed E-state index contributed by atoms with van der Waals surface area (Å²) < 4.78 is 35.5. The maximum atomic E-state index is 15.0. The third kappa shape index (κ3) is 2.94. The quantitative estimate of drug-likeness (QED) is 0.832. The number of hydrogen-bond donors (Lipinski definition) is 1. The van der Waals surface area contributed by atoms with E-state index in [9.17, 15) is 13.9 Å². The number of halogens is 2. The fourth-order valence-electron chi connectivity index (χ4n) is 3.63. The molecule has 0 amide bonds. The number of alkyl halides is 2. The maximum absolute atomic E-state index is 15.0. The van der Waals surface area contributed by atoms with E-state index in [0.29, 0.717) is 24.3 Å². The molecule has 0 saturated heterocycles. The summed E-state index contributed by atoms with van der Waals surface area (Å²) in [6.45, 7) is 3.89. The summed E-state index contributed by atoms with van der Waals surface area (Å²) >= 11 is 0. The van der Waals surface area contributed by atoms with Gasteiger partial charge in [0.05, 0.1) is 5.69 Å². The van der Waals surface area contributed by atoms with Crippen LogP contribution in [0.3, 0.4) is 0 Å². The lowest BCUT2D eigenvalue weighted by Gasteiger charge is -2.37. The molecule has 1 aliphatic heterocycles. The summed E-state index contributed by atoms with van der Waals surface area (Å²) in [5.74, 6) is -3.28. The standard InChI is InChI=1S/C18H23F2NO2/c1-2-12-21-14-10-6-7-11-15(14)23-17(21)18(19,20)16(22)13-8-4-3-5-9-13/h2,6-7,10-11,13,16-17,22H,1,3-5,8-9,12H2. The van der Waals surface area contributed by atoms with E-state index in [2.05, 4.69) is 6.58 Å². The zero-order valence-corrected chi connectivity index (χ0v) is 13.1. The second kappa shape index (κ2) is 6.48. The molecule has 5 heteroatoms. The van der Waals surface area contributed by atoms with Gasteiger partial charge >= 0.3 is 5.92 Å². The lowest BCUT2D eigenvalue weighted by molar-refractivity contribution is -0.183. The first-order valence-corrected chi connectivity index (χ1v) is 8.25. The van der Waals surface area contributed by atoms with Crippen LogP contribution in [-0.4, -0.2) is 29.9 Å². The highest BCUT2D eigenvalue weighted by atomic mass is 19.3. The van der Waals surface area contributed by atoms with Crippen LogP contribution in [0.5, 0.6) is 5.75 Å². The second-order valence-corrected chi connectivity index (χ2v) is 6.40. The molecule has 23 heavy (non-hydrogen) atoms. The maximum Gasteiger partial charge on any atom is 0.328 e. The normalized spacial score (nSPS) is 23.3. The molecule has 1 heterocycles. The summed E-state index contributed by atoms with van der Waals surface area (Å²) in [4.78, 5) is 1.48. The van der Waals surface area contributed by atoms with Crippen molar-refractivity contribution in [3.63, 3.8) is 0 Å². The smallest absolute Gasteiger partial charge is 0.328 e. The lowest BCUT2D eigenvalue weighted by Crippen LogP contribution is -2.57. The summed E-state index contributed by atoms with van der Waals surface area (Å²) in [5, 5.41) is 10.3. The summed E-state index contributed by atoms with van der Waals surface area (Å²) in [5.41, 5.74) is 0.618. The zero-order valence-electron chi connectivity index (χ0n) is 13.1. The highest BCUT2D eigenvalue weighted by Crippen LogP contribution is 2.45. The molecule has 2 atom stereocenters. The number of aliphatic hydroxyl groups excluding tert-OH is 1. The van der Waals surface area contributed by atoms with E-state index in [4.69, 9.17) is 4.74 Å². The number of anilines is 1. The number of fused-ring (bicyclic) bond motifs is 1. The number of hydrogen-bond acceptors (Lipinski definition) is 3. The Kier molecular flexibility index (Phi) is 4.57. The van der Waals surface area contributed by atoms with Gasteiger partial charge in [0.15, 0.2) is 0 Å². The van der Waals surface area contributed by atoms with Crippen LogP contribution in [-0.2, 0) is 0 Å². The van der Waals surface area contributed by atoms with Crippen molar-refractivity contribution < 1.29 is 18.6 Å². The molecular formula is C18H23F2NO2. The number of aliphatic hydroxyl groups is 1. The first-order chi connectivity index (χ1) is 11.1. The van der Waals surface area contributed by atoms with Crippen molar-refractivity contribution in [1.82, 2.24) is 0 Å². The molecule has 1 saturated carbocycles. The summed E-state index contributed by atoms with van der Waals surface area (Å²) in [6, 6.07) is 6.97. The van der Waals surface area contributed by atoms with Crippen molar-refractivity contribution in [2.75, 3.05) is 11.4 Å². The monoisotopic (exact) mass is 323 g/mol. The van der Waals surface area contributed by atoms with Gasteiger partial charge in [0.1, 0.15) is 11.9 Å². The Hall–Kier alpha value is -1.62. The molecule has 126 valence electrons. The largest absolute Gasteiger partial charge is 0.462 e. The minimum atomic E-state index is -3.34. The van der Waals surface area contributed by atoms with Crippen molar-refractivity contribution in [1.29, 1.82) is 0 Å². The minimum absolute atomic E-state index is 0.245. The Balaban J connectivity index is 1.85. The van der Waals surface area contributed by atoms with Crippen LogP contribution in [0, 0.1) is 5.92 Å². The SMILES string of the molecule is C=CCN1c2ccccc2OC1C(F)(F)C(O)C1CCCCC1. The van der Waals surface area contributed by atoms with Gasteiger partial charge in [0.25, 0.3) is 0 Å². The lowest BCUT2D eigenvalue weighted by atomic mass is 9.82. The first-order valence-electron chi connectivity index (χ1n) is 8.25. The van der Waals surface area contributed by atoms with E-state index < -0.39 is 18.3 Å². The molecule has 0 radical (unpaired) electrons. The Labute approximate surface area is 135 Å². The van der Waals surface area contributed by atoms with Crippen molar-refractivity contribution >= 4 is 5.69 Å². The van der Waals surface area contributed by atoms with Crippen LogP contribution >= 0.6 is 0 Å². The Morgan fingerprint density at radius 2 is 2.00 bits per heavy atom. The predicted molar refractivity (Wildman–Crippen MR) is 85.9 cm³/mol. The topological polar surface area (TPSA) is 32.7 Å². The Bertz CT molecular complexity index is 558. The predicted octanol–water partition coefficient (Wildman–Crippen LogP) is 3.97. The molecule has 1 fully saturated rings. The van der Waals surface area contributed by atoms with Gasteiger partial charge in [0.2, 0.25) is 6.23 Å². The van der Waals surface area contributed by atoms with Gasteiger partial charge in [-0.25, -0.2) is 0 Å². The molecule has 3 rings (SSSR count). The third-order valence-corrected chi connectivity index (χ3v) is 4.84. The highest BCUT2D eigenvalue weighted by Gasteiger charge is 2.56. The molecule has 1 N–H and O–H groups in total.